The number of hydrogen-bond acceptors (Lipinski definition) is 5. The maximum Gasteiger partial charge on any atom is 0.419 e. The Balaban J connectivity index is 1.99. The molecule has 0 radical (unpaired) electrons. The van der Waals surface area contributed by atoms with Crippen LogP contribution in [-0.2, 0) is 4.74 Å². The van der Waals surface area contributed by atoms with Gasteiger partial charge in [-0.05, 0) is 24.3 Å². The summed E-state index contributed by atoms with van der Waals surface area (Å²) in [5.41, 5.74) is -0.261. The van der Waals surface area contributed by atoms with Crippen molar-refractivity contribution in [2.75, 3.05) is 13.7 Å². The number of imidazole rings is 1. The normalized spacial score (nSPS) is 12.5. The highest BCUT2D eigenvalue weighted by Crippen LogP contribution is 2.25. The fourth-order valence-corrected chi connectivity index (χ4v) is 1.85. The van der Waals surface area contributed by atoms with Gasteiger partial charge >= 0.3 is 6.09 Å². The van der Waals surface area contributed by atoms with Gasteiger partial charge in [0, 0.05) is 17.8 Å². The van der Waals surface area contributed by atoms with E-state index in [1.165, 1.54) is 17.1 Å². The Morgan fingerprint density at radius 2 is 1.87 bits per heavy atom. The van der Waals surface area contributed by atoms with Crippen LogP contribution in [0.1, 0.15) is 20.8 Å². The summed E-state index contributed by atoms with van der Waals surface area (Å²) in [5, 5.41) is 0. The van der Waals surface area contributed by atoms with Crippen LogP contribution in [0, 0.1) is 5.41 Å². The van der Waals surface area contributed by atoms with E-state index in [-0.39, 0.29) is 12.0 Å². The van der Waals surface area contributed by atoms with Gasteiger partial charge < -0.3 is 14.2 Å². The molecule has 124 valence electrons. The lowest BCUT2D eigenvalue weighted by Gasteiger charge is -2.30. The Kier molecular flexibility index (Phi) is 5.26. The van der Waals surface area contributed by atoms with Crippen LogP contribution in [0.15, 0.2) is 43.0 Å². The highest BCUT2D eigenvalue weighted by molar-refractivity contribution is 5.70. The average molecular weight is 318 g/mol. The van der Waals surface area contributed by atoms with Gasteiger partial charge in [0.25, 0.3) is 0 Å². The third kappa shape index (κ3) is 4.74. The van der Waals surface area contributed by atoms with E-state index < -0.39 is 12.2 Å². The number of rotatable bonds is 5. The molecule has 1 atom stereocenters. The van der Waals surface area contributed by atoms with E-state index in [1.54, 1.807) is 13.3 Å². The van der Waals surface area contributed by atoms with Crippen LogP contribution >= 0.6 is 0 Å². The first kappa shape index (κ1) is 16.9. The first-order valence-electron chi connectivity index (χ1n) is 7.36. The number of carbonyl (C=O) groups excluding carboxylic acids is 1. The largest absolute Gasteiger partial charge is 0.497 e. The predicted octanol–water partition coefficient (Wildman–Crippen LogP) is 3.37. The minimum absolute atomic E-state index is 0.260. The van der Waals surface area contributed by atoms with Crippen LogP contribution in [0.25, 0.3) is 0 Å². The van der Waals surface area contributed by atoms with Crippen molar-refractivity contribution in [3.63, 3.8) is 0 Å². The second-order valence-corrected chi connectivity index (χ2v) is 6.19. The summed E-state index contributed by atoms with van der Waals surface area (Å²) in [4.78, 5) is 15.9. The lowest BCUT2D eigenvalue weighted by molar-refractivity contribution is 0.00209. The fraction of sp³-hybridized carbons (Fsp3) is 0.412. The number of benzene rings is 1. The van der Waals surface area contributed by atoms with Crippen molar-refractivity contribution >= 4 is 6.09 Å². The monoisotopic (exact) mass is 318 g/mol. The Morgan fingerprint density at radius 1 is 1.22 bits per heavy atom. The summed E-state index contributed by atoms with van der Waals surface area (Å²) < 4.78 is 17.7. The van der Waals surface area contributed by atoms with Crippen LogP contribution in [0.4, 0.5) is 4.79 Å². The molecule has 0 fully saturated rings. The maximum absolute atomic E-state index is 12.1. The molecule has 2 rings (SSSR count). The molecule has 1 aromatic heterocycles. The quantitative estimate of drug-likeness (QED) is 0.846. The Hall–Kier alpha value is -2.50. The van der Waals surface area contributed by atoms with Gasteiger partial charge in [-0.3, -0.25) is 0 Å². The van der Waals surface area contributed by atoms with Gasteiger partial charge in [0.15, 0.2) is 0 Å². The number of aromatic nitrogens is 2. The molecule has 0 aliphatic rings. The molecular formula is C17H22N2O4. The Labute approximate surface area is 136 Å². The average Bonchev–Trinajstić information content (AvgIpc) is 3.05. The molecule has 0 spiro atoms. The first-order chi connectivity index (χ1) is 10.9. The molecule has 0 aliphatic heterocycles. The molecule has 0 bridgehead atoms. The summed E-state index contributed by atoms with van der Waals surface area (Å²) >= 11 is 0. The summed E-state index contributed by atoms with van der Waals surface area (Å²) in [5.74, 6) is 1.45. The van der Waals surface area contributed by atoms with E-state index in [9.17, 15) is 4.79 Å². The first-order valence-corrected chi connectivity index (χ1v) is 7.36. The molecule has 0 N–H and O–H groups in total. The van der Waals surface area contributed by atoms with Gasteiger partial charge in [-0.2, -0.15) is 0 Å². The third-order valence-corrected chi connectivity index (χ3v) is 3.39. The van der Waals surface area contributed by atoms with E-state index in [2.05, 4.69) is 4.98 Å². The van der Waals surface area contributed by atoms with E-state index in [0.29, 0.717) is 5.75 Å². The predicted molar refractivity (Wildman–Crippen MR) is 85.8 cm³/mol. The molecule has 6 heteroatoms. The van der Waals surface area contributed by atoms with Crippen molar-refractivity contribution in [3.05, 3.63) is 43.0 Å². The Bertz CT molecular complexity index is 615. The molecule has 0 saturated heterocycles. The van der Waals surface area contributed by atoms with Crippen LogP contribution in [0.5, 0.6) is 11.5 Å². The van der Waals surface area contributed by atoms with Gasteiger partial charge in [0.2, 0.25) is 0 Å². The smallest absolute Gasteiger partial charge is 0.419 e. The van der Waals surface area contributed by atoms with Gasteiger partial charge in [0.1, 0.15) is 30.5 Å². The van der Waals surface area contributed by atoms with E-state index in [4.69, 9.17) is 14.2 Å². The van der Waals surface area contributed by atoms with Crippen molar-refractivity contribution in [1.29, 1.82) is 0 Å². The van der Waals surface area contributed by atoms with E-state index in [0.717, 1.165) is 5.75 Å². The minimum atomic E-state index is -0.472. The van der Waals surface area contributed by atoms with Crippen LogP contribution in [0.2, 0.25) is 0 Å². The summed E-state index contributed by atoms with van der Waals surface area (Å²) in [6, 6.07) is 7.27. The molecule has 1 heterocycles. The summed E-state index contributed by atoms with van der Waals surface area (Å²) in [6.45, 7) is 6.25. The van der Waals surface area contributed by atoms with Gasteiger partial charge in [-0.15, -0.1) is 0 Å². The number of hydrogen-bond donors (Lipinski definition) is 0. The minimum Gasteiger partial charge on any atom is -0.497 e. The molecule has 0 amide bonds. The molecule has 0 saturated carbocycles. The van der Waals surface area contributed by atoms with Gasteiger partial charge in [0.05, 0.1) is 7.11 Å². The highest BCUT2D eigenvalue weighted by atomic mass is 16.6. The summed E-state index contributed by atoms with van der Waals surface area (Å²) in [6.07, 6.45) is 3.61. The van der Waals surface area contributed by atoms with E-state index in [1.807, 2.05) is 45.0 Å². The molecule has 2 aromatic rings. The van der Waals surface area contributed by atoms with Crippen LogP contribution in [-0.4, -0.2) is 35.5 Å². The van der Waals surface area contributed by atoms with Crippen molar-refractivity contribution in [2.45, 2.75) is 26.9 Å². The van der Waals surface area contributed by atoms with Crippen LogP contribution < -0.4 is 9.47 Å². The molecule has 1 unspecified atom stereocenters. The SMILES string of the molecule is COc1ccc(OCC(OC(=O)n2ccnc2)C(C)(C)C)cc1. The summed E-state index contributed by atoms with van der Waals surface area (Å²) in [7, 11) is 1.61. The molecule has 1 aromatic carbocycles. The molecule has 23 heavy (non-hydrogen) atoms. The van der Waals surface area contributed by atoms with Crippen molar-refractivity contribution in [1.82, 2.24) is 9.55 Å². The van der Waals surface area contributed by atoms with Gasteiger partial charge in [-0.25, -0.2) is 14.3 Å². The molecule has 6 nitrogen and oxygen atoms in total. The Morgan fingerprint density at radius 3 is 2.39 bits per heavy atom. The molecule has 0 aliphatic carbocycles. The number of methoxy groups -OCH3 is 1. The van der Waals surface area contributed by atoms with Crippen molar-refractivity contribution in [3.8, 4) is 11.5 Å². The second kappa shape index (κ2) is 7.17. The zero-order valence-corrected chi connectivity index (χ0v) is 13.9. The lowest BCUT2D eigenvalue weighted by atomic mass is 9.89. The topological polar surface area (TPSA) is 62.6 Å². The lowest BCUT2D eigenvalue weighted by Crippen LogP contribution is -2.37. The standard InChI is InChI=1S/C17H22N2O4/c1-17(2,3)15(23-16(20)19-10-9-18-12-19)11-22-14-7-5-13(21-4)6-8-14/h5-10,12,15H,11H2,1-4H3. The number of ether oxygens (including phenoxy) is 3. The zero-order chi connectivity index (χ0) is 16.9. The third-order valence-electron chi connectivity index (χ3n) is 3.39. The number of nitrogens with zero attached hydrogens (tertiary/aromatic N) is 2. The number of carbonyl (C=O) groups is 1. The van der Waals surface area contributed by atoms with E-state index >= 15 is 0 Å². The molecular weight excluding hydrogens is 296 g/mol. The van der Waals surface area contributed by atoms with Gasteiger partial charge in [-0.1, -0.05) is 20.8 Å². The zero-order valence-electron chi connectivity index (χ0n) is 13.9. The second-order valence-electron chi connectivity index (χ2n) is 6.19. The van der Waals surface area contributed by atoms with Crippen molar-refractivity contribution in [2.24, 2.45) is 5.41 Å². The van der Waals surface area contributed by atoms with Crippen molar-refractivity contribution < 1.29 is 19.0 Å². The maximum atomic E-state index is 12.1. The highest BCUT2D eigenvalue weighted by Gasteiger charge is 2.29. The fourth-order valence-electron chi connectivity index (χ4n) is 1.85. The van der Waals surface area contributed by atoms with Crippen LogP contribution in [0.3, 0.4) is 0 Å².